The normalized spacial score (nSPS) is 15.5. The second-order valence-electron chi connectivity index (χ2n) is 7.70. The van der Waals surface area contributed by atoms with Gasteiger partial charge in [-0.3, -0.25) is 9.59 Å². The van der Waals surface area contributed by atoms with Gasteiger partial charge in [-0.25, -0.2) is 9.07 Å². The smallest absolute Gasteiger partial charge is 0.254 e. The Labute approximate surface area is 173 Å². The van der Waals surface area contributed by atoms with E-state index in [-0.39, 0.29) is 17.2 Å². The van der Waals surface area contributed by atoms with Crippen LogP contribution in [0, 0.1) is 19.7 Å². The maximum atomic E-state index is 14.3. The second kappa shape index (κ2) is 7.74. The van der Waals surface area contributed by atoms with E-state index in [0.29, 0.717) is 0 Å². The Morgan fingerprint density at radius 2 is 1.97 bits per heavy atom. The molecule has 1 aliphatic rings. The SMILES string of the molecule is Cc1ccc(-n2ncc3c2CCC[C@H]3NC(=O)c2ccc(C(N)=O)cc2F)cc1C. The molecule has 1 aromatic heterocycles. The summed E-state index contributed by atoms with van der Waals surface area (Å²) >= 11 is 0. The lowest BCUT2D eigenvalue weighted by atomic mass is 9.92. The molecule has 6 nitrogen and oxygen atoms in total. The zero-order chi connectivity index (χ0) is 21.4. The lowest BCUT2D eigenvalue weighted by Crippen LogP contribution is -2.31. The number of carbonyl (C=O) groups is 2. The number of rotatable bonds is 4. The predicted molar refractivity (Wildman–Crippen MR) is 111 cm³/mol. The minimum Gasteiger partial charge on any atom is -0.366 e. The van der Waals surface area contributed by atoms with Gasteiger partial charge in [-0.1, -0.05) is 6.07 Å². The third kappa shape index (κ3) is 3.58. The second-order valence-corrected chi connectivity index (χ2v) is 7.70. The highest BCUT2D eigenvalue weighted by molar-refractivity contribution is 5.97. The molecular formula is C23H23FN4O2. The number of amides is 2. The number of hydrogen-bond acceptors (Lipinski definition) is 3. The van der Waals surface area contributed by atoms with Gasteiger partial charge in [-0.05, 0) is 74.6 Å². The van der Waals surface area contributed by atoms with Crippen molar-refractivity contribution in [3.8, 4) is 5.69 Å². The van der Waals surface area contributed by atoms with E-state index < -0.39 is 17.6 Å². The molecular weight excluding hydrogens is 383 g/mol. The van der Waals surface area contributed by atoms with E-state index in [4.69, 9.17) is 5.73 Å². The molecule has 2 amide bonds. The number of nitrogens with one attached hydrogen (secondary N) is 1. The largest absolute Gasteiger partial charge is 0.366 e. The van der Waals surface area contributed by atoms with Crippen LogP contribution in [0.2, 0.25) is 0 Å². The summed E-state index contributed by atoms with van der Waals surface area (Å²) in [6.07, 6.45) is 4.27. The van der Waals surface area contributed by atoms with Crippen molar-refractivity contribution in [3.05, 3.63) is 81.9 Å². The number of fused-ring (bicyclic) bond motifs is 1. The van der Waals surface area contributed by atoms with Crippen molar-refractivity contribution in [2.75, 3.05) is 0 Å². The maximum Gasteiger partial charge on any atom is 0.254 e. The fourth-order valence-electron chi connectivity index (χ4n) is 3.88. The number of aromatic nitrogens is 2. The summed E-state index contributed by atoms with van der Waals surface area (Å²) in [6.45, 7) is 4.13. The van der Waals surface area contributed by atoms with Gasteiger partial charge in [0, 0.05) is 16.8 Å². The molecule has 0 bridgehead atoms. The molecule has 1 heterocycles. The molecule has 154 valence electrons. The number of primary amides is 1. The van der Waals surface area contributed by atoms with E-state index in [0.717, 1.165) is 42.3 Å². The van der Waals surface area contributed by atoms with E-state index in [1.165, 1.54) is 23.3 Å². The molecule has 1 aliphatic carbocycles. The third-order valence-corrected chi connectivity index (χ3v) is 5.72. The number of benzene rings is 2. The lowest BCUT2D eigenvalue weighted by molar-refractivity contribution is 0.0926. The number of aryl methyl sites for hydroxylation is 2. The quantitative estimate of drug-likeness (QED) is 0.694. The molecule has 3 N–H and O–H groups in total. The molecule has 2 aromatic carbocycles. The molecule has 7 heteroatoms. The first-order chi connectivity index (χ1) is 14.3. The molecule has 3 aromatic rings. The average molecular weight is 406 g/mol. The Balaban J connectivity index is 1.60. The number of carbonyl (C=O) groups excluding carboxylic acids is 2. The number of hydrogen-bond donors (Lipinski definition) is 2. The van der Waals surface area contributed by atoms with Gasteiger partial charge in [0.15, 0.2) is 0 Å². The van der Waals surface area contributed by atoms with Crippen LogP contribution in [0.4, 0.5) is 4.39 Å². The minimum atomic E-state index is -0.773. The van der Waals surface area contributed by atoms with Crippen LogP contribution in [0.15, 0.2) is 42.6 Å². The molecule has 30 heavy (non-hydrogen) atoms. The Hall–Kier alpha value is -3.48. The molecule has 0 fully saturated rings. The van der Waals surface area contributed by atoms with Crippen molar-refractivity contribution in [2.24, 2.45) is 5.73 Å². The van der Waals surface area contributed by atoms with Gasteiger partial charge in [0.05, 0.1) is 23.5 Å². The lowest BCUT2D eigenvalue weighted by Gasteiger charge is -2.24. The summed E-state index contributed by atoms with van der Waals surface area (Å²) in [7, 11) is 0. The molecule has 0 spiro atoms. The summed E-state index contributed by atoms with van der Waals surface area (Å²) in [4.78, 5) is 23.9. The minimum absolute atomic E-state index is 0.0265. The van der Waals surface area contributed by atoms with Crippen LogP contribution in [-0.4, -0.2) is 21.6 Å². The van der Waals surface area contributed by atoms with E-state index in [1.54, 1.807) is 6.20 Å². The van der Waals surface area contributed by atoms with Gasteiger partial charge in [-0.15, -0.1) is 0 Å². The van der Waals surface area contributed by atoms with Crippen molar-refractivity contribution in [2.45, 2.75) is 39.2 Å². The highest BCUT2D eigenvalue weighted by Crippen LogP contribution is 2.31. The maximum absolute atomic E-state index is 14.3. The van der Waals surface area contributed by atoms with Crippen molar-refractivity contribution >= 4 is 11.8 Å². The van der Waals surface area contributed by atoms with E-state index in [9.17, 15) is 14.0 Å². The van der Waals surface area contributed by atoms with Gasteiger partial charge in [0.25, 0.3) is 5.91 Å². The first-order valence-electron chi connectivity index (χ1n) is 9.90. The van der Waals surface area contributed by atoms with Crippen molar-refractivity contribution < 1.29 is 14.0 Å². The fourth-order valence-corrected chi connectivity index (χ4v) is 3.88. The van der Waals surface area contributed by atoms with Crippen LogP contribution in [0.1, 0.15) is 62.0 Å². The van der Waals surface area contributed by atoms with Crippen LogP contribution >= 0.6 is 0 Å². The Morgan fingerprint density at radius 3 is 2.67 bits per heavy atom. The standard InChI is InChI=1S/C23H23FN4O2/c1-13-6-8-16(10-14(13)2)28-21-5-3-4-20(18(21)12-26-28)27-23(30)17-9-7-15(22(25)29)11-19(17)24/h6-12,20H,3-5H2,1-2H3,(H2,25,29)(H,27,30)/t20-/m1/s1. The van der Waals surface area contributed by atoms with Gasteiger partial charge in [0.1, 0.15) is 5.82 Å². The van der Waals surface area contributed by atoms with E-state index >= 15 is 0 Å². The fraction of sp³-hybridized carbons (Fsp3) is 0.261. The Bertz CT molecular complexity index is 1150. The third-order valence-electron chi connectivity index (χ3n) is 5.72. The Kier molecular flexibility index (Phi) is 5.11. The topological polar surface area (TPSA) is 90.0 Å². The van der Waals surface area contributed by atoms with Crippen LogP contribution in [0.25, 0.3) is 5.69 Å². The van der Waals surface area contributed by atoms with Crippen molar-refractivity contribution in [3.63, 3.8) is 0 Å². The summed E-state index contributed by atoms with van der Waals surface area (Å²) in [6, 6.07) is 9.57. The Morgan fingerprint density at radius 1 is 1.17 bits per heavy atom. The molecule has 1 atom stereocenters. The van der Waals surface area contributed by atoms with Crippen molar-refractivity contribution in [1.29, 1.82) is 0 Å². The zero-order valence-corrected chi connectivity index (χ0v) is 16.9. The van der Waals surface area contributed by atoms with Gasteiger partial charge >= 0.3 is 0 Å². The highest BCUT2D eigenvalue weighted by Gasteiger charge is 2.27. The molecule has 4 rings (SSSR count). The first kappa shape index (κ1) is 19.8. The van der Waals surface area contributed by atoms with Crippen LogP contribution in [0.3, 0.4) is 0 Å². The number of halogens is 1. The summed E-state index contributed by atoms with van der Waals surface area (Å²) in [5.74, 6) is -2.04. The van der Waals surface area contributed by atoms with Gasteiger partial charge < -0.3 is 11.1 Å². The van der Waals surface area contributed by atoms with Crippen LogP contribution < -0.4 is 11.1 Å². The molecule has 0 radical (unpaired) electrons. The van der Waals surface area contributed by atoms with Gasteiger partial charge in [0.2, 0.25) is 5.91 Å². The number of nitrogens with zero attached hydrogens (tertiary/aromatic N) is 2. The number of nitrogens with two attached hydrogens (primary N) is 1. The van der Waals surface area contributed by atoms with E-state index in [1.807, 2.05) is 10.7 Å². The molecule has 0 unspecified atom stereocenters. The first-order valence-corrected chi connectivity index (χ1v) is 9.90. The summed E-state index contributed by atoms with van der Waals surface area (Å²) in [5, 5.41) is 7.48. The van der Waals surface area contributed by atoms with E-state index in [2.05, 4.69) is 36.4 Å². The summed E-state index contributed by atoms with van der Waals surface area (Å²) in [5.41, 5.74) is 10.5. The molecule has 0 saturated heterocycles. The monoisotopic (exact) mass is 406 g/mol. The average Bonchev–Trinajstić information content (AvgIpc) is 3.15. The van der Waals surface area contributed by atoms with Crippen LogP contribution in [-0.2, 0) is 6.42 Å². The zero-order valence-electron chi connectivity index (χ0n) is 16.9. The van der Waals surface area contributed by atoms with Gasteiger partial charge in [-0.2, -0.15) is 5.10 Å². The van der Waals surface area contributed by atoms with Crippen molar-refractivity contribution in [1.82, 2.24) is 15.1 Å². The summed E-state index contributed by atoms with van der Waals surface area (Å²) < 4.78 is 16.2. The molecule has 0 aliphatic heterocycles. The molecule has 0 saturated carbocycles. The predicted octanol–water partition coefficient (Wildman–Crippen LogP) is 3.53. The van der Waals surface area contributed by atoms with Crippen LogP contribution in [0.5, 0.6) is 0 Å². The highest BCUT2D eigenvalue weighted by atomic mass is 19.1.